The minimum absolute atomic E-state index is 0.107. The lowest BCUT2D eigenvalue weighted by atomic mass is 10.1. The predicted octanol–water partition coefficient (Wildman–Crippen LogP) is 3.36. The molecule has 7 heteroatoms. The van der Waals surface area contributed by atoms with E-state index in [1.807, 2.05) is 0 Å². The zero-order valence-corrected chi connectivity index (χ0v) is 11.9. The third-order valence-corrected chi connectivity index (χ3v) is 3.86. The topological polar surface area (TPSA) is 59.3 Å². The Bertz CT molecular complexity index is 678. The molecule has 0 saturated heterocycles. The molecule has 0 amide bonds. The van der Waals surface area contributed by atoms with Crippen molar-refractivity contribution in [2.45, 2.75) is 13.0 Å². The number of benzene rings is 1. The zero-order chi connectivity index (χ0) is 14.0. The van der Waals surface area contributed by atoms with E-state index in [2.05, 4.69) is 0 Å². The third kappa shape index (κ3) is 3.18. The lowest BCUT2D eigenvalue weighted by Gasteiger charge is -2.08. The van der Waals surface area contributed by atoms with Crippen molar-refractivity contribution in [3.8, 4) is 11.3 Å². The minimum Gasteiger partial charge on any atom is -0.481 e. The number of aromatic nitrogens is 1. The molecule has 0 unspecified atom stereocenters. The second kappa shape index (κ2) is 5.77. The number of halogens is 2. The normalized spacial score (nSPS) is 10.6. The van der Waals surface area contributed by atoms with Crippen molar-refractivity contribution in [3.63, 3.8) is 0 Å². The van der Waals surface area contributed by atoms with E-state index in [0.29, 0.717) is 21.3 Å². The molecule has 0 atom stereocenters. The van der Waals surface area contributed by atoms with Gasteiger partial charge in [-0.15, -0.1) is 0 Å². The fraction of sp³-hybridized carbons (Fsp3) is 0.167. The van der Waals surface area contributed by atoms with Crippen LogP contribution in [0.3, 0.4) is 0 Å². The van der Waals surface area contributed by atoms with Crippen LogP contribution < -0.4 is 4.87 Å². The Morgan fingerprint density at radius 3 is 2.79 bits per heavy atom. The summed E-state index contributed by atoms with van der Waals surface area (Å²) in [7, 11) is 0. The Morgan fingerprint density at radius 1 is 1.37 bits per heavy atom. The van der Waals surface area contributed by atoms with Crippen LogP contribution in [0, 0.1) is 0 Å². The molecule has 19 heavy (non-hydrogen) atoms. The number of rotatable bonds is 4. The summed E-state index contributed by atoms with van der Waals surface area (Å²) in [5.41, 5.74) is 1.21. The van der Waals surface area contributed by atoms with Crippen LogP contribution in [0.1, 0.15) is 6.42 Å². The molecule has 0 radical (unpaired) electrons. The van der Waals surface area contributed by atoms with E-state index in [1.165, 1.54) is 4.57 Å². The maximum absolute atomic E-state index is 11.7. The highest BCUT2D eigenvalue weighted by Gasteiger charge is 2.13. The standard InChI is InChI=1S/C12H9Cl2NO3S/c13-7-1-2-9(14)8(5-7)10-6-19-12(18)15(10)4-3-11(16)17/h1-2,5-6H,3-4H2,(H,16,17). The molecular formula is C12H9Cl2NO3S. The van der Waals surface area contributed by atoms with Gasteiger partial charge in [-0.1, -0.05) is 34.5 Å². The second-order valence-electron chi connectivity index (χ2n) is 3.81. The van der Waals surface area contributed by atoms with Gasteiger partial charge >= 0.3 is 10.8 Å². The van der Waals surface area contributed by atoms with Crippen LogP contribution in [-0.2, 0) is 11.3 Å². The third-order valence-electron chi connectivity index (χ3n) is 2.54. The zero-order valence-electron chi connectivity index (χ0n) is 9.60. The maximum Gasteiger partial charge on any atom is 0.307 e. The van der Waals surface area contributed by atoms with E-state index < -0.39 is 5.97 Å². The molecule has 0 aliphatic heterocycles. The number of hydrogen-bond acceptors (Lipinski definition) is 3. The van der Waals surface area contributed by atoms with Crippen molar-refractivity contribution in [1.82, 2.24) is 4.57 Å². The van der Waals surface area contributed by atoms with Crippen molar-refractivity contribution in [3.05, 3.63) is 43.3 Å². The first-order chi connectivity index (χ1) is 8.99. The highest BCUT2D eigenvalue weighted by molar-refractivity contribution is 7.07. The molecule has 1 N–H and O–H groups in total. The molecule has 2 rings (SSSR count). The van der Waals surface area contributed by atoms with Gasteiger partial charge in [0.25, 0.3) is 0 Å². The summed E-state index contributed by atoms with van der Waals surface area (Å²) in [5.74, 6) is -0.957. The number of hydrogen-bond donors (Lipinski definition) is 1. The van der Waals surface area contributed by atoms with Gasteiger partial charge in [0.2, 0.25) is 0 Å². The summed E-state index contributed by atoms with van der Waals surface area (Å²) in [5, 5.41) is 11.3. The van der Waals surface area contributed by atoms with Gasteiger partial charge in [0.15, 0.2) is 0 Å². The summed E-state index contributed by atoms with van der Waals surface area (Å²) < 4.78 is 1.40. The van der Waals surface area contributed by atoms with Crippen molar-refractivity contribution in [2.24, 2.45) is 0 Å². The van der Waals surface area contributed by atoms with E-state index in [9.17, 15) is 9.59 Å². The monoisotopic (exact) mass is 317 g/mol. The molecular weight excluding hydrogens is 309 g/mol. The average molecular weight is 318 g/mol. The summed E-state index contributed by atoms with van der Waals surface area (Å²) >= 11 is 13.0. The van der Waals surface area contributed by atoms with Crippen LogP contribution in [0.15, 0.2) is 28.4 Å². The molecule has 0 spiro atoms. The number of carbonyl (C=O) groups is 1. The summed E-state index contributed by atoms with van der Waals surface area (Å²) in [6, 6.07) is 4.95. The Labute approximate surface area is 122 Å². The SMILES string of the molecule is O=C(O)CCn1c(-c2cc(Cl)ccc2Cl)csc1=O. The lowest BCUT2D eigenvalue weighted by Crippen LogP contribution is -2.16. The highest BCUT2D eigenvalue weighted by atomic mass is 35.5. The largest absolute Gasteiger partial charge is 0.481 e. The Hall–Kier alpha value is -1.30. The van der Waals surface area contributed by atoms with Gasteiger partial charge in [-0.05, 0) is 18.2 Å². The molecule has 0 bridgehead atoms. The van der Waals surface area contributed by atoms with Crippen molar-refractivity contribution in [1.29, 1.82) is 0 Å². The van der Waals surface area contributed by atoms with Crippen molar-refractivity contribution in [2.75, 3.05) is 0 Å². The van der Waals surface area contributed by atoms with E-state index in [4.69, 9.17) is 28.3 Å². The lowest BCUT2D eigenvalue weighted by molar-refractivity contribution is -0.137. The summed E-state index contributed by atoms with van der Waals surface area (Å²) in [6.07, 6.45) is -0.123. The number of carboxylic acid groups (broad SMARTS) is 1. The van der Waals surface area contributed by atoms with Gasteiger partial charge in [-0.3, -0.25) is 14.2 Å². The summed E-state index contributed by atoms with van der Waals surface area (Å²) in [6.45, 7) is 0.107. The van der Waals surface area contributed by atoms with Crippen LogP contribution in [0.25, 0.3) is 11.3 Å². The van der Waals surface area contributed by atoms with Gasteiger partial charge < -0.3 is 5.11 Å². The van der Waals surface area contributed by atoms with E-state index in [-0.39, 0.29) is 17.8 Å². The van der Waals surface area contributed by atoms with Crippen LogP contribution >= 0.6 is 34.5 Å². The maximum atomic E-state index is 11.7. The molecule has 1 aromatic heterocycles. The molecule has 0 aliphatic carbocycles. The van der Waals surface area contributed by atoms with Crippen LogP contribution in [-0.4, -0.2) is 15.6 Å². The number of nitrogens with zero attached hydrogens (tertiary/aromatic N) is 1. The molecule has 0 aliphatic rings. The van der Waals surface area contributed by atoms with E-state index in [1.54, 1.807) is 23.6 Å². The Balaban J connectivity index is 2.48. The number of aliphatic carboxylic acids is 1. The average Bonchev–Trinajstić information content (AvgIpc) is 2.71. The van der Waals surface area contributed by atoms with Gasteiger partial charge in [-0.25, -0.2) is 0 Å². The van der Waals surface area contributed by atoms with Gasteiger partial charge in [-0.2, -0.15) is 0 Å². The van der Waals surface area contributed by atoms with Gasteiger partial charge in [0, 0.05) is 22.5 Å². The number of carboxylic acids is 1. The van der Waals surface area contributed by atoms with Crippen molar-refractivity contribution < 1.29 is 9.90 Å². The molecule has 0 fully saturated rings. The van der Waals surface area contributed by atoms with E-state index in [0.717, 1.165) is 11.3 Å². The van der Waals surface area contributed by atoms with Gasteiger partial charge in [0.05, 0.1) is 17.1 Å². The summed E-state index contributed by atoms with van der Waals surface area (Å²) in [4.78, 5) is 22.1. The van der Waals surface area contributed by atoms with Gasteiger partial charge in [0.1, 0.15) is 0 Å². The first-order valence-electron chi connectivity index (χ1n) is 5.34. The molecule has 1 heterocycles. The Kier molecular flexibility index (Phi) is 4.29. The fourth-order valence-electron chi connectivity index (χ4n) is 1.65. The Morgan fingerprint density at radius 2 is 2.11 bits per heavy atom. The smallest absolute Gasteiger partial charge is 0.307 e. The fourth-order valence-corrected chi connectivity index (χ4v) is 2.82. The molecule has 0 saturated carbocycles. The molecule has 1 aromatic carbocycles. The van der Waals surface area contributed by atoms with Crippen LogP contribution in [0.2, 0.25) is 10.0 Å². The number of thiazole rings is 1. The highest BCUT2D eigenvalue weighted by Crippen LogP contribution is 2.30. The predicted molar refractivity (Wildman–Crippen MR) is 76.3 cm³/mol. The van der Waals surface area contributed by atoms with Crippen LogP contribution in [0.5, 0.6) is 0 Å². The molecule has 4 nitrogen and oxygen atoms in total. The first kappa shape index (κ1) is 14.1. The quantitative estimate of drug-likeness (QED) is 0.940. The second-order valence-corrected chi connectivity index (χ2v) is 5.47. The molecule has 2 aromatic rings. The minimum atomic E-state index is -0.957. The van der Waals surface area contributed by atoms with Crippen molar-refractivity contribution >= 4 is 40.5 Å². The molecule has 100 valence electrons. The van der Waals surface area contributed by atoms with Crippen LogP contribution in [0.4, 0.5) is 0 Å². The first-order valence-corrected chi connectivity index (χ1v) is 6.98. The van der Waals surface area contributed by atoms with E-state index >= 15 is 0 Å².